The van der Waals surface area contributed by atoms with Gasteiger partial charge in [-0.2, -0.15) is 5.10 Å². The van der Waals surface area contributed by atoms with Crippen LogP contribution in [0.4, 0.5) is 13.2 Å². The number of nitrogens with zero attached hydrogens (tertiary/aromatic N) is 2. The number of hydrogen-bond acceptors (Lipinski definition) is 2. The van der Waals surface area contributed by atoms with Gasteiger partial charge >= 0.3 is 0 Å². The number of rotatable bonds is 4. The second kappa shape index (κ2) is 5.44. The van der Waals surface area contributed by atoms with Gasteiger partial charge in [0.1, 0.15) is 0 Å². The molecule has 1 N–H and O–H groups in total. The number of nitrogens with one attached hydrogen (secondary N) is 1. The summed E-state index contributed by atoms with van der Waals surface area (Å²) in [6.45, 7) is 5.20. The van der Waals surface area contributed by atoms with E-state index in [4.69, 9.17) is 0 Å². The van der Waals surface area contributed by atoms with E-state index in [0.717, 1.165) is 29.9 Å². The highest BCUT2D eigenvalue weighted by Crippen LogP contribution is 2.19. The van der Waals surface area contributed by atoms with Gasteiger partial charge in [0.25, 0.3) is 0 Å². The van der Waals surface area contributed by atoms with Crippen molar-refractivity contribution in [2.45, 2.75) is 20.4 Å². The number of hydrogen-bond donors (Lipinski definition) is 1. The van der Waals surface area contributed by atoms with Crippen LogP contribution in [0.5, 0.6) is 0 Å². The Hall–Kier alpha value is -1.82. The summed E-state index contributed by atoms with van der Waals surface area (Å²) in [5.74, 6) is -3.92. The Bertz CT molecular complexity index is 570. The third kappa shape index (κ3) is 2.63. The SMILES string of the molecule is CCNCc1cnn(-c2cc(F)c(F)c(F)c2)c1C. The maximum atomic E-state index is 13.2. The van der Waals surface area contributed by atoms with Crippen molar-refractivity contribution < 1.29 is 13.2 Å². The predicted molar refractivity (Wildman–Crippen MR) is 65.6 cm³/mol. The third-order valence-electron chi connectivity index (χ3n) is 2.89. The van der Waals surface area contributed by atoms with E-state index in [0.29, 0.717) is 6.54 Å². The molecule has 2 rings (SSSR count). The summed E-state index contributed by atoms with van der Waals surface area (Å²) in [5, 5.41) is 7.21. The van der Waals surface area contributed by atoms with Crippen molar-refractivity contribution in [2.24, 2.45) is 0 Å². The van der Waals surface area contributed by atoms with E-state index >= 15 is 0 Å². The number of aromatic nitrogens is 2. The molecule has 0 aliphatic carbocycles. The van der Waals surface area contributed by atoms with Crippen molar-refractivity contribution in [3.63, 3.8) is 0 Å². The van der Waals surface area contributed by atoms with Crippen LogP contribution in [0.2, 0.25) is 0 Å². The van der Waals surface area contributed by atoms with Crippen LogP contribution in [-0.4, -0.2) is 16.3 Å². The summed E-state index contributed by atoms with van der Waals surface area (Å²) in [6.07, 6.45) is 1.62. The van der Waals surface area contributed by atoms with Crippen molar-refractivity contribution in [3.8, 4) is 5.69 Å². The molecule has 0 spiro atoms. The Balaban J connectivity index is 2.40. The molecule has 0 atom stereocenters. The highest BCUT2D eigenvalue weighted by Gasteiger charge is 2.14. The van der Waals surface area contributed by atoms with E-state index in [1.165, 1.54) is 4.68 Å². The minimum absolute atomic E-state index is 0.164. The van der Waals surface area contributed by atoms with Gasteiger partial charge in [0.2, 0.25) is 0 Å². The largest absolute Gasteiger partial charge is 0.313 e. The van der Waals surface area contributed by atoms with Crippen LogP contribution in [0.15, 0.2) is 18.3 Å². The first kappa shape index (κ1) is 13.6. The normalized spacial score (nSPS) is 11.0. The zero-order chi connectivity index (χ0) is 14.0. The van der Waals surface area contributed by atoms with Crippen LogP contribution < -0.4 is 5.32 Å². The van der Waals surface area contributed by atoms with Gasteiger partial charge in [0.05, 0.1) is 11.9 Å². The lowest BCUT2D eigenvalue weighted by atomic mass is 10.2. The maximum Gasteiger partial charge on any atom is 0.194 e. The van der Waals surface area contributed by atoms with Gasteiger partial charge in [-0.1, -0.05) is 6.92 Å². The Morgan fingerprint density at radius 3 is 2.42 bits per heavy atom. The summed E-state index contributed by atoms with van der Waals surface area (Å²) in [5.41, 5.74) is 1.84. The van der Waals surface area contributed by atoms with Crippen LogP contribution >= 0.6 is 0 Å². The molecule has 3 nitrogen and oxygen atoms in total. The minimum atomic E-state index is -1.47. The maximum absolute atomic E-state index is 13.2. The number of halogens is 3. The monoisotopic (exact) mass is 269 g/mol. The van der Waals surface area contributed by atoms with Crippen LogP contribution in [0.25, 0.3) is 5.69 Å². The third-order valence-corrected chi connectivity index (χ3v) is 2.89. The summed E-state index contributed by atoms with van der Waals surface area (Å²) >= 11 is 0. The zero-order valence-electron chi connectivity index (χ0n) is 10.7. The highest BCUT2D eigenvalue weighted by atomic mass is 19.2. The van der Waals surface area contributed by atoms with E-state index in [1.807, 2.05) is 6.92 Å². The fourth-order valence-electron chi connectivity index (χ4n) is 1.80. The minimum Gasteiger partial charge on any atom is -0.313 e. The van der Waals surface area contributed by atoms with Gasteiger partial charge in [0.15, 0.2) is 17.5 Å². The summed E-state index contributed by atoms with van der Waals surface area (Å²) < 4.78 is 40.7. The lowest BCUT2D eigenvalue weighted by Gasteiger charge is -2.07. The Kier molecular flexibility index (Phi) is 3.90. The standard InChI is InChI=1S/C13H14F3N3/c1-3-17-6-9-7-18-19(8(9)2)10-4-11(14)13(16)12(15)5-10/h4-5,7,17H,3,6H2,1-2H3. The molecule has 0 unspecified atom stereocenters. The molecule has 19 heavy (non-hydrogen) atoms. The Labute approximate surface area is 109 Å². The molecule has 6 heteroatoms. The molecule has 0 aliphatic rings. The van der Waals surface area contributed by atoms with E-state index < -0.39 is 17.5 Å². The summed E-state index contributed by atoms with van der Waals surface area (Å²) in [7, 11) is 0. The van der Waals surface area contributed by atoms with Crippen molar-refractivity contribution in [3.05, 3.63) is 47.0 Å². The van der Waals surface area contributed by atoms with Crippen molar-refractivity contribution in [1.29, 1.82) is 0 Å². The molecule has 0 bridgehead atoms. The molecule has 102 valence electrons. The number of benzene rings is 1. The summed E-state index contributed by atoms with van der Waals surface area (Å²) in [4.78, 5) is 0. The first-order valence-corrected chi connectivity index (χ1v) is 5.93. The Morgan fingerprint density at radius 1 is 1.21 bits per heavy atom. The van der Waals surface area contributed by atoms with Crippen LogP contribution in [0.3, 0.4) is 0 Å². The molecule has 1 heterocycles. The second-order valence-electron chi connectivity index (χ2n) is 4.17. The summed E-state index contributed by atoms with van der Waals surface area (Å²) in [6, 6.07) is 1.85. The molecule has 0 aliphatic heterocycles. The molecule has 0 saturated carbocycles. The quantitative estimate of drug-likeness (QED) is 0.865. The fourth-order valence-corrected chi connectivity index (χ4v) is 1.80. The van der Waals surface area contributed by atoms with Crippen molar-refractivity contribution in [1.82, 2.24) is 15.1 Å². The van der Waals surface area contributed by atoms with E-state index in [9.17, 15) is 13.2 Å². The second-order valence-corrected chi connectivity index (χ2v) is 4.17. The van der Waals surface area contributed by atoms with Crippen LogP contribution in [-0.2, 0) is 6.54 Å². The molecule has 0 radical (unpaired) electrons. The van der Waals surface area contributed by atoms with Gasteiger partial charge in [-0.3, -0.25) is 0 Å². The lowest BCUT2D eigenvalue weighted by Crippen LogP contribution is -2.12. The van der Waals surface area contributed by atoms with Crippen LogP contribution in [0, 0.1) is 24.4 Å². The molecule has 0 fully saturated rings. The molecule has 1 aromatic carbocycles. The van der Waals surface area contributed by atoms with Gasteiger partial charge < -0.3 is 5.32 Å². The average molecular weight is 269 g/mol. The average Bonchev–Trinajstić information content (AvgIpc) is 2.74. The van der Waals surface area contributed by atoms with E-state index in [2.05, 4.69) is 10.4 Å². The van der Waals surface area contributed by atoms with E-state index in [-0.39, 0.29) is 5.69 Å². The van der Waals surface area contributed by atoms with Gasteiger partial charge in [-0.15, -0.1) is 0 Å². The molecule has 0 amide bonds. The van der Waals surface area contributed by atoms with Gasteiger partial charge in [0, 0.05) is 29.9 Å². The highest BCUT2D eigenvalue weighted by molar-refractivity contribution is 5.36. The molecular formula is C13H14F3N3. The molecule has 0 saturated heterocycles. The molecular weight excluding hydrogens is 255 g/mol. The van der Waals surface area contributed by atoms with Crippen molar-refractivity contribution >= 4 is 0 Å². The smallest absolute Gasteiger partial charge is 0.194 e. The molecule has 1 aromatic heterocycles. The first-order chi connectivity index (χ1) is 9.04. The zero-order valence-corrected chi connectivity index (χ0v) is 10.7. The lowest BCUT2D eigenvalue weighted by molar-refractivity contribution is 0.446. The van der Waals surface area contributed by atoms with Crippen molar-refractivity contribution in [2.75, 3.05) is 6.54 Å². The van der Waals surface area contributed by atoms with E-state index in [1.54, 1.807) is 13.1 Å². The Morgan fingerprint density at radius 2 is 1.84 bits per heavy atom. The van der Waals surface area contributed by atoms with Gasteiger partial charge in [-0.05, 0) is 13.5 Å². The molecule has 2 aromatic rings. The van der Waals surface area contributed by atoms with Crippen LogP contribution in [0.1, 0.15) is 18.2 Å². The first-order valence-electron chi connectivity index (χ1n) is 5.93. The predicted octanol–water partition coefficient (Wildman–Crippen LogP) is 2.71. The topological polar surface area (TPSA) is 29.9 Å². The fraction of sp³-hybridized carbons (Fsp3) is 0.308. The van der Waals surface area contributed by atoms with Gasteiger partial charge in [-0.25, -0.2) is 17.9 Å².